The van der Waals surface area contributed by atoms with Gasteiger partial charge in [0.1, 0.15) is 6.10 Å². The Morgan fingerprint density at radius 3 is 2.50 bits per heavy atom. The third-order valence-electron chi connectivity index (χ3n) is 4.28. The molecule has 1 unspecified atom stereocenters. The normalized spacial score (nSPS) is 34.1. The van der Waals surface area contributed by atoms with Crippen molar-refractivity contribution < 1.29 is 9.53 Å². The Morgan fingerprint density at radius 1 is 1.39 bits per heavy atom. The molecule has 18 heavy (non-hydrogen) atoms. The minimum atomic E-state index is -0.387. The smallest absolute Gasteiger partial charge is 0.249 e. The Balaban J connectivity index is 1.86. The minimum Gasteiger partial charge on any atom is -0.361 e. The molecule has 0 aromatic carbocycles. The highest BCUT2D eigenvalue weighted by Crippen LogP contribution is 2.35. The van der Waals surface area contributed by atoms with Gasteiger partial charge in [0.25, 0.3) is 0 Å². The number of carbonyl (C=O) groups excluding carboxylic acids is 1. The van der Waals surface area contributed by atoms with Crippen molar-refractivity contribution in [2.24, 2.45) is 11.7 Å². The average molecular weight is 254 g/mol. The Hall–Kier alpha value is -0.610. The number of carbonyl (C=O) groups is 1. The monoisotopic (exact) mass is 254 g/mol. The summed E-state index contributed by atoms with van der Waals surface area (Å²) in [4.78, 5) is 11.9. The number of nitrogens with two attached hydrogens (primary N) is 1. The van der Waals surface area contributed by atoms with Crippen molar-refractivity contribution in [1.82, 2.24) is 5.32 Å². The molecule has 2 saturated carbocycles. The van der Waals surface area contributed by atoms with Crippen LogP contribution in [0.25, 0.3) is 0 Å². The molecule has 0 radical (unpaired) electrons. The van der Waals surface area contributed by atoms with Crippen LogP contribution >= 0.6 is 0 Å². The van der Waals surface area contributed by atoms with Crippen LogP contribution in [0.5, 0.6) is 0 Å². The van der Waals surface area contributed by atoms with Gasteiger partial charge < -0.3 is 15.8 Å². The highest BCUT2D eigenvalue weighted by Gasteiger charge is 2.37. The quantitative estimate of drug-likeness (QED) is 0.783. The predicted molar refractivity (Wildman–Crippen MR) is 71.1 cm³/mol. The molecule has 0 saturated heterocycles. The summed E-state index contributed by atoms with van der Waals surface area (Å²) in [5.74, 6) is 0.771. The van der Waals surface area contributed by atoms with Crippen LogP contribution in [0.4, 0.5) is 0 Å². The van der Waals surface area contributed by atoms with Gasteiger partial charge in [-0.05, 0) is 51.4 Å². The van der Waals surface area contributed by atoms with E-state index < -0.39 is 0 Å². The first-order valence-electron chi connectivity index (χ1n) is 7.23. The van der Waals surface area contributed by atoms with E-state index in [2.05, 4.69) is 12.2 Å². The van der Waals surface area contributed by atoms with E-state index in [1.807, 2.05) is 6.92 Å². The van der Waals surface area contributed by atoms with E-state index in [1.165, 1.54) is 0 Å². The maximum Gasteiger partial charge on any atom is 0.249 e. The zero-order valence-electron chi connectivity index (χ0n) is 11.6. The molecule has 1 atom stereocenters. The van der Waals surface area contributed by atoms with Gasteiger partial charge in [-0.1, -0.05) is 6.92 Å². The van der Waals surface area contributed by atoms with E-state index in [0.29, 0.717) is 12.6 Å². The van der Waals surface area contributed by atoms with Gasteiger partial charge in [0.2, 0.25) is 5.91 Å². The van der Waals surface area contributed by atoms with Crippen LogP contribution in [0.2, 0.25) is 0 Å². The molecule has 0 aromatic rings. The maximum absolute atomic E-state index is 11.9. The summed E-state index contributed by atoms with van der Waals surface area (Å²) in [5, 5.41) is 2.99. The van der Waals surface area contributed by atoms with Crippen LogP contribution < -0.4 is 11.1 Å². The largest absolute Gasteiger partial charge is 0.361 e. The van der Waals surface area contributed by atoms with Crippen LogP contribution in [-0.4, -0.2) is 30.2 Å². The Bertz CT molecular complexity index is 294. The maximum atomic E-state index is 11.9. The van der Waals surface area contributed by atoms with Crippen molar-refractivity contribution in [1.29, 1.82) is 0 Å². The van der Waals surface area contributed by atoms with Crippen LogP contribution in [0, 0.1) is 5.92 Å². The van der Waals surface area contributed by atoms with Gasteiger partial charge in [0.05, 0.1) is 5.60 Å². The summed E-state index contributed by atoms with van der Waals surface area (Å²) in [5.41, 5.74) is 5.62. The molecule has 2 aliphatic rings. The van der Waals surface area contributed by atoms with Crippen molar-refractivity contribution in [3.63, 3.8) is 0 Å². The molecule has 2 aliphatic carbocycles. The Labute approximate surface area is 110 Å². The number of hydrogen-bond acceptors (Lipinski definition) is 3. The lowest BCUT2D eigenvalue weighted by Crippen LogP contribution is -2.49. The van der Waals surface area contributed by atoms with Crippen molar-refractivity contribution in [3.05, 3.63) is 0 Å². The Kier molecular flexibility index (Phi) is 4.28. The standard InChI is InChI=1S/C14H26N2O2/c1-10-5-7-14(9-15,8-6-10)18-11(2)13(17)16-12-3-4-12/h10-12H,3-9,15H2,1-2H3,(H,16,17). The predicted octanol–water partition coefficient (Wildman–Crippen LogP) is 1.58. The van der Waals surface area contributed by atoms with Crippen LogP contribution in [0.3, 0.4) is 0 Å². The molecule has 0 spiro atoms. The number of amides is 1. The van der Waals surface area contributed by atoms with E-state index >= 15 is 0 Å². The Morgan fingerprint density at radius 2 is 2.00 bits per heavy atom. The number of hydrogen-bond donors (Lipinski definition) is 2. The first-order valence-corrected chi connectivity index (χ1v) is 7.23. The lowest BCUT2D eigenvalue weighted by molar-refractivity contribution is -0.150. The van der Waals surface area contributed by atoms with Crippen LogP contribution in [0.15, 0.2) is 0 Å². The van der Waals surface area contributed by atoms with Gasteiger partial charge in [-0.15, -0.1) is 0 Å². The molecule has 0 aromatic heterocycles. The summed E-state index contributed by atoms with van der Waals surface area (Å²) >= 11 is 0. The second-order valence-corrected chi connectivity index (χ2v) is 6.11. The molecular weight excluding hydrogens is 228 g/mol. The minimum absolute atomic E-state index is 0.0175. The van der Waals surface area contributed by atoms with Gasteiger partial charge in [-0.3, -0.25) is 4.79 Å². The summed E-state index contributed by atoms with van der Waals surface area (Å²) in [7, 11) is 0. The van der Waals surface area contributed by atoms with Crippen molar-refractivity contribution in [2.75, 3.05) is 6.54 Å². The van der Waals surface area contributed by atoms with Gasteiger partial charge in [0.15, 0.2) is 0 Å². The SMILES string of the molecule is CC1CCC(CN)(OC(C)C(=O)NC2CC2)CC1. The molecule has 2 rings (SSSR count). The van der Waals surface area contributed by atoms with Crippen LogP contribution in [-0.2, 0) is 9.53 Å². The first-order chi connectivity index (χ1) is 8.54. The van der Waals surface area contributed by atoms with Crippen molar-refractivity contribution in [3.8, 4) is 0 Å². The second-order valence-electron chi connectivity index (χ2n) is 6.11. The molecule has 2 fully saturated rings. The first kappa shape index (κ1) is 13.8. The summed E-state index contributed by atoms with van der Waals surface area (Å²) < 4.78 is 6.03. The number of rotatable bonds is 5. The highest BCUT2D eigenvalue weighted by atomic mass is 16.5. The zero-order valence-corrected chi connectivity index (χ0v) is 11.6. The second kappa shape index (κ2) is 5.57. The zero-order chi connectivity index (χ0) is 13.2. The average Bonchev–Trinajstić information content (AvgIpc) is 3.16. The van der Waals surface area contributed by atoms with Gasteiger partial charge >= 0.3 is 0 Å². The van der Waals surface area contributed by atoms with Gasteiger partial charge in [0, 0.05) is 12.6 Å². The fourth-order valence-electron chi connectivity index (χ4n) is 2.63. The van der Waals surface area contributed by atoms with E-state index in [1.54, 1.807) is 0 Å². The summed E-state index contributed by atoms with van der Waals surface area (Å²) in [6.45, 7) is 4.62. The van der Waals surface area contributed by atoms with Crippen LogP contribution in [0.1, 0.15) is 52.4 Å². The molecule has 0 aliphatic heterocycles. The topological polar surface area (TPSA) is 64.3 Å². The van der Waals surface area contributed by atoms with Gasteiger partial charge in [-0.2, -0.15) is 0 Å². The molecule has 3 N–H and O–H groups in total. The fraction of sp³-hybridized carbons (Fsp3) is 0.929. The third kappa shape index (κ3) is 3.45. The lowest BCUT2D eigenvalue weighted by atomic mass is 9.79. The highest BCUT2D eigenvalue weighted by molar-refractivity contribution is 5.80. The molecule has 1 amide bonds. The third-order valence-corrected chi connectivity index (χ3v) is 4.28. The molecule has 4 heteroatoms. The summed E-state index contributed by atoms with van der Waals surface area (Å²) in [6.07, 6.45) is 6.08. The van der Waals surface area contributed by atoms with E-state index in [-0.39, 0.29) is 17.6 Å². The fourth-order valence-corrected chi connectivity index (χ4v) is 2.63. The number of nitrogens with one attached hydrogen (secondary N) is 1. The van der Waals surface area contributed by atoms with Crippen molar-refractivity contribution in [2.45, 2.75) is 70.1 Å². The molecule has 0 bridgehead atoms. The van der Waals surface area contributed by atoms with Crippen molar-refractivity contribution >= 4 is 5.91 Å². The summed E-state index contributed by atoms with van der Waals surface area (Å²) in [6, 6.07) is 0.392. The molecule has 4 nitrogen and oxygen atoms in total. The molecule has 0 heterocycles. The number of ether oxygens (including phenoxy) is 1. The van der Waals surface area contributed by atoms with E-state index in [0.717, 1.165) is 44.4 Å². The van der Waals surface area contributed by atoms with Gasteiger partial charge in [-0.25, -0.2) is 0 Å². The lowest BCUT2D eigenvalue weighted by Gasteiger charge is -2.40. The molecule has 104 valence electrons. The van der Waals surface area contributed by atoms with E-state index in [4.69, 9.17) is 10.5 Å². The van der Waals surface area contributed by atoms with E-state index in [9.17, 15) is 4.79 Å². The molecular formula is C14H26N2O2.